The summed E-state index contributed by atoms with van der Waals surface area (Å²) < 4.78 is 11.2. The zero-order valence-corrected chi connectivity index (χ0v) is 18.9. The Morgan fingerprint density at radius 2 is 2.03 bits per heavy atom. The summed E-state index contributed by atoms with van der Waals surface area (Å²) in [6.45, 7) is 10.5. The molecule has 1 fully saturated rings. The van der Waals surface area contributed by atoms with Gasteiger partial charge < -0.3 is 14.3 Å². The quantitative estimate of drug-likeness (QED) is 0.582. The fraction of sp³-hybridized carbons (Fsp3) is 0.680. The average molecular weight is 417 g/mol. The standard InChI is InChI=1S/C25H36O5/c1-6-16(2)23(28)30-20-14-18(22(26)27)19(9-8-17-10-13-29-15-17)25(5)12-7-11-24(3,4)21(20)25/h10,13-16,19-21H,6-9,11-12H2,1-5H3,(H,26,27)/t16-,19+,20-,21+,25-/m1/s1. The molecule has 1 heterocycles. The van der Waals surface area contributed by atoms with E-state index < -0.39 is 12.1 Å². The highest BCUT2D eigenvalue weighted by Gasteiger charge is 2.58. The summed E-state index contributed by atoms with van der Waals surface area (Å²) in [4.78, 5) is 25.0. The van der Waals surface area contributed by atoms with E-state index in [9.17, 15) is 14.7 Å². The van der Waals surface area contributed by atoms with Gasteiger partial charge in [0.05, 0.1) is 18.4 Å². The number of aliphatic carboxylic acids is 1. The maximum Gasteiger partial charge on any atom is 0.331 e. The molecule has 2 aliphatic rings. The number of furan rings is 1. The van der Waals surface area contributed by atoms with Crippen molar-refractivity contribution in [1.82, 2.24) is 0 Å². The first-order valence-electron chi connectivity index (χ1n) is 11.3. The van der Waals surface area contributed by atoms with Crippen LogP contribution in [0.15, 0.2) is 34.7 Å². The van der Waals surface area contributed by atoms with Gasteiger partial charge in [0.15, 0.2) is 0 Å². The number of ether oxygens (including phenoxy) is 1. The first kappa shape index (κ1) is 22.6. The Balaban J connectivity index is 2.01. The number of esters is 1. The molecule has 5 heteroatoms. The highest BCUT2D eigenvalue weighted by atomic mass is 16.5. The Morgan fingerprint density at radius 1 is 1.30 bits per heavy atom. The predicted molar refractivity (Wildman–Crippen MR) is 115 cm³/mol. The molecular formula is C25H36O5. The van der Waals surface area contributed by atoms with Crippen LogP contribution < -0.4 is 0 Å². The minimum Gasteiger partial charge on any atom is -0.478 e. The molecule has 0 aromatic carbocycles. The molecule has 5 nitrogen and oxygen atoms in total. The minimum atomic E-state index is -0.903. The van der Waals surface area contributed by atoms with Gasteiger partial charge >= 0.3 is 11.9 Å². The Kier molecular flexibility index (Phi) is 6.49. The first-order chi connectivity index (χ1) is 14.1. The summed E-state index contributed by atoms with van der Waals surface area (Å²) in [5.74, 6) is -1.33. The molecule has 1 aromatic rings. The molecule has 30 heavy (non-hydrogen) atoms. The molecule has 0 amide bonds. The average Bonchev–Trinajstić information content (AvgIpc) is 3.18. The summed E-state index contributed by atoms with van der Waals surface area (Å²) in [5.41, 5.74) is 1.20. The van der Waals surface area contributed by atoms with E-state index in [1.807, 2.05) is 19.9 Å². The van der Waals surface area contributed by atoms with Crippen molar-refractivity contribution in [2.45, 2.75) is 79.2 Å². The summed E-state index contributed by atoms with van der Waals surface area (Å²) in [7, 11) is 0. The highest BCUT2D eigenvalue weighted by molar-refractivity contribution is 5.88. The van der Waals surface area contributed by atoms with Gasteiger partial charge in [-0.15, -0.1) is 0 Å². The van der Waals surface area contributed by atoms with Crippen LogP contribution in [0.2, 0.25) is 0 Å². The molecule has 0 aliphatic heterocycles. The van der Waals surface area contributed by atoms with Gasteiger partial charge in [0.1, 0.15) is 6.10 Å². The second-order valence-corrected chi connectivity index (χ2v) is 10.2. The van der Waals surface area contributed by atoms with Crippen molar-refractivity contribution in [3.63, 3.8) is 0 Å². The van der Waals surface area contributed by atoms with Crippen molar-refractivity contribution in [3.05, 3.63) is 35.8 Å². The van der Waals surface area contributed by atoms with Gasteiger partial charge in [0.2, 0.25) is 0 Å². The Hall–Kier alpha value is -2.04. The number of fused-ring (bicyclic) bond motifs is 1. The lowest BCUT2D eigenvalue weighted by atomic mass is 9.47. The zero-order valence-electron chi connectivity index (χ0n) is 18.9. The number of carboxylic acid groups (broad SMARTS) is 1. The van der Waals surface area contributed by atoms with Crippen LogP contribution in [0, 0.1) is 28.6 Å². The predicted octanol–water partition coefficient (Wildman–Crippen LogP) is 5.64. The summed E-state index contributed by atoms with van der Waals surface area (Å²) >= 11 is 0. The third kappa shape index (κ3) is 4.21. The van der Waals surface area contributed by atoms with Crippen LogP contribution in [0.5, 0.6) is 0 Å². The van der Waals surface area contributed by atoms with Crippen LogP contribution in [0.25, 0.3) is 0 Å². The number of carbonyl (C=O) groups is 2. The van der Waals surface area contributed by atoms with Gasteiger partial charge in [-0.25, -0.2) is 4.79 Å². The molecule has 2 aliphatic carbocycles. The SMILES string of the molecule is CC[C@@H](C)C(=O)O[C@@H]1C=C(C(=O)O)[C@H](CCc2ccoc2)[C@@]2(C)CCCC(C)(C)[C@H]12. The molecule has 166 valence electrons. The second-order valence-electron chi connectivity index (χ2n) is 10.2. The Labute approximate surface area is 179 Å². The van der Waals surface area contributed by atoms with Crippen LogP contribution in [-0.2, 0) is 20.7 Å². The van der Waals surface area contributed by atoms with Crippen molar-refractivity contribution < 1.29 is 23.8 Å². The molecule has 5 atom stereocenters. The Bertz CT molecular complexity index is 790. The Morgan fingerprint density at radius 3 is 2.63 bits per heavy atom. The molecule has 0 radical (unpaired) electrons. The van der Waals surface area contributed by atoms with E-state index in [1.165, 1.54) is 0 Å². The van der Waals surface area contributed by atoms with E-state index in [0.717, 1.165) is 37.7 Å². The largest absolute Gasteiger partial charge is 0.478 e. The lowest BCUT2D eigenvalue weighted by molar-refractivity contribution is -0.169. The van der Waals surface area contributed by atoms with Crippen molar-refractivity contribution in [1.29, 1.82) is 0 Å². The normalized spacial score (nSPS) is 31.4. The number of aryl methyl sites for hydroxylation is 1. The fourth-order valence-corrected chi connectivity index (χ4v) is 6.05. The van der Waals surface area contributed by atoms with Gasteiger partial charge in [0, 0.05) is 11.5 Å². The molecule has 1 N–H and O–H groups in total. The molecule has 3 rings (SSSR count). The number of hydrogen-bond acceptors (Lipinski definition) is 4. The van der Waals surface area contributed by atoms with Gasteiger partial charge in [-0.2, -0.15) is 0 Å². The maximum atomic E-state index is 12.7. The van der Waals surface area contributed by atoms with Crippen LogP contribution in [-0.4, -0.2) is 23.1 Å². The summed E-state index contributed by atoms with van der Waals surface area (Å²) in [5, 5.41) is 10.1. The number of rotatable bonds is 7. The van der Waals surface area contributed by atoms with Gasteiger partial charge in [-0.1, -0.05) is 41.0 Å². The lowest BCUT2D eigenvalue weighted by Crippen LogP contribution is -2.56. The van der Waals surface area contributed by atoms with Crippen molar-refractivity contribution in [2.75, 3.05) is 0 Å². The van der Waals surface area contributed by atoms with E-state index in [-0.39, 0.29) is 34.6 Å². The smallest absolute Gasteiger partial charge is 0.331 e. The molecule has 0 saturated heterocycles. The highest BCUT2D eigenvalue weighted by Crippen LogP contribution is 2.61. The zero-order chi connectivity index (χ0) is 22.1. The number of hydrogen-bond donors (Lipinski definition) is 1. The lowest BCUT2D eigenvalue weighted by Gasteiger charge is -2.58. The van der Waals surface area contributed by atoms with Gasteiger partial charge in [-0.3, -0.25) is 4.79 Å². The van der Waals surface area contributed by atoms with Crippen LogP contribution >= 0.6 is 0 Å². The van der Waals surface area contributed by atoms with E-state index in [0.29, 0.717) is 12.0 Å². The van der Waals surface area contributed by atoms with E-state index >= 15 is 0 Å². The summed E-state index contributed by atoms with van der Waals surface area (Å²) in [6.07, 6.45) is 9.91. The number of carbonyl (C=O) groups excluding carboxylic acids is 1. The van der Waals surface area contributed by atoms with Crippen molar-refractivity contribution >= 4 is 11.9 Å². The van der Waals surface area contributed by atoms with Gasteiger partial charge in [0.25, 0.3) is 0 Å². The van der Waals surface area contributed by atoms with E-state index in [1.54, 1.807) is 18.6 Å². The van der Waals surface area contributed by atoms with Crippen molar-refractivity contribution in [2.24, 2.45) is 28.6 Å². The first-order valence-corrected chi connectivity index (χ1v) is 11.3. The summed E-state index contributed by atoms with van der Waals surface area (Å²) in [6, 6.07) is 1.94. The molecule has 1 aromatic heterocycles. The topological polar surface area (TPSA) is 76.7 Å². The third-order valence-electron chi connectivity index (χ3n) is 7.75. The van der Waals surface area contributed by atoms with Crippen LogP contribution in [0.4, 0.5) is 0 Å². The van der Waals surface area contributed by atoms with E-state index in [2.05, 4.69) is 20.8 Å². The van der Waals surface area contributed by atoms with Crippen LogP contribution in [0.3, 0.4) is 0 Å². The fourth-order valence-electron chi connectivity index (χ4n) is 6.05. The monoisotopic (exact) mass is 416 g/mol. The molecular weight excluding hydrogens is 380 g/mol. The van der Waals surface area contributed by atoms with Gasteiger partial charge in [-0.05, 0) is 66.6 Å². The minimum absolute atomic E-state index is 0.0399. The van der Waals surface area contributed by atoms with Crippen LogP contribution in [0.1, 0.15) is 72.3 Å². The number of carboxylic acids is 1. The molecule has 0 bridgehead atoms. The van der Waals surface area contributed by atoms with E-state index in [4.69, 9.17) is 9.15 Å². The third-order valence-corrected chi connectivity index (χ3v) is 7.75. The van der Waals surface area contributed by atoms with Crippen molar-refractivity contribution in [3.8, 4) is 0 Å². The molecule has 0 unspecified atom stereocenters. The molecule has 0 spiro atoms. The molecule has 1 saturated carbocycles. The maximum absolute atomic E-state index is 12.7. The second kappa shape index (κ2) is 8.60.